The first kappa shape index (κ1) is 22.8. The van der Waals surface area contributed by atoms with Crippen molar-refractivity contribution in [2.24, 2.45) is 11.1 Å². The van der Waals surface area contributed by atoms with Crippen LogP contribution in [0.15, 0.2) is 58.6 Å². The van der Waals surface area contributed by atoms with Crippen molar-refractivity contribution in [2.45, 2.75) is 55.9 Å². The van der Waals surface area contributed by atoms with E-state index in [2.05, 4.69) is 11.9 Å². The molecule has 1 aliphatic carbocycles. The Kier molecular flexibility index (Phi) is 6.60. The van der Waals surface area contributed by atoms with Crippen molar-refractivity contribution < 1.29 is 13.2 Å². The molecule has 1 heterocycles. The number of imidazole rings is 1. The molecular formula is C23H28N4O3S2. The van der Waals surface area contributed by atoms with E-state index < -0.39 is 10.0 Å². The predicted molar refractivity (Wildman–Crippen MR) is 127 cm³/mol. The van der Waals surface area contributed by atoms with Gasteiger partial charge in [-0.25, -0.2) is 18.5 Å². The average molecular weight is 473 g/mol. The summed E-state index contributed by atoms with van der Waals surface area (Å²) in [6.45, 7) is 5.39. The van der Waals surface area contributed by atoms with Gasteiger partial charge in [-0.2, -0.15) is 0 Å². The highest BCUT2D eigenvalue weighted by molar-refractivity contribution is 7.99. The number of carbonyl (C=O) groups is 1. The maximum Gasteiger partial charge on any atom is 0.238 e. The van der Waals surface area contributed by atoms with E-state index in [1.54, 1.807) is 6.07 Å². The number of aryl methyl sites for hydroxylation is 1. The Morgan fingerprint density at radius 3 is 2.59 bits per heavy atom. The minimum absolute atomic E-state index is 0.0330. The summed E-state index contributed by atoms with van der Waals surface area (Å²) in [6, 6.07) is 15.0. The van der Waals surface area contributed by atoms with Gasteiger partial charge in [0.1, 0.15) is 0 Å². The molecule has 1 aliphatic rings. The van der Waals surface area contributed by atoms with E-state index >= 15 is 0 Å². The number of sulfonamides is 1. The molecular weight excluding hydrogens is 444 g/mol. The number of aromatic nitrogens is 2. The number of nitrogens with zero attached hydrogens (tertiary/aromatic N) is 3. The predicted octanol–water partition coefficient (Wildman–Crippen LogP) is 3.62. The summed E-state index contributed by atoms with van der Waals surface area (Å²) in [5.74, 6) is 0.928. The summed E-state index contributed by atoms with van der Waals surface area (Å²) in [6.07, 6.45) is 2.34. The molecule has 0 unspecified atom stereocenters. The van der Waals surface area contributed by atoms with Gasteiger partial charge in [-0.3, -0.25) is 4.79 Å². The minimum atomic E-state index is -3.80. The lowest BCUT2D eigenvalue weighted by atomic mass is 10.1. The normalized spacial score (nSPS) is 15.1. The van der Waals surface area contributed by atoms with Gasteiger partial charge in [0.15, 0.2) is 5.16 Å². The van der Waals surface area contributed by atoms with Crippen LogP contribution < -0.4 is 5.14 Å². The Hall–Kier alpha value is -2.36. The van der Waals surface area contributed by atoms with Gasteiger partial charge in [0.05, 0.1) is 21.7 Å². The highest BCUT2D eigenvalue weighted by Gasteiger charge is 2.34. The zero-order chi connectivity index (χ0) is 22.9. The van der Waals surface area contributed by atoms with Crippen LogP contribution in [-0.4, -0.2) is 40.6 Å². The zero-order valence-corrected chi connectivity index (χ0v) is 19.9. The number of rotatable bonds is 9. The first-order valence-corrected chi connectivity index (χ1v) is 13.3. The highest BCUT2D eigenvalue weighted by atomic mass is 32.2. The molecule has 170 valence electrons. The summed E-state index contributed by atoms with van der Waals surface area (Å²) in [5.41, 5.74) is 2.50. The Morgan fingerprint density at radius 1 is 1.25 bits per heavy atom. The molecule has 0 radical (unpaired) electrons. The lowest BCUT2D eigenvalue weighted by Gasteiger charge is -2.29. The highest BCUT2D eigenvalue weighted by Crippen LogP contribution is 2.36. The third kappa shape index (κ3) is 5.00. The molecule has 0 aliphatic heterocycles. The summed E-state index contributed by atoms with van der Waals surface area (Å²) >= 11 is 1.39. The zero-order valence-electron chi connectivity index (χ0n) is 18.3. The summed E-state index contributed by atoms with van der Waals surface area (Å²) in [5, 5.41) is 5.96. The molecule has 2 N–H and O–H groups in total. The second-order valence-corrected chi connectivity index (χ2v) is 10.7. The number of primary sulfonamides is 1. The van der Waals surface area contributed by atoms with Gasteiger partial charge in [-0.05, 0) is 56.4 Å². The molecule has 0 saturated heterocycles. The number of thioether (sulfide) groups is 1. The van der Waals surface area contributed by atoms with Crippen molar-refractivity contribution in [1.82, 2.24) is 14.5 Å². The fourth-order valence-electron chi connectivity index (χ4n) is 3.96. The number of hydrogen-bond acceptors (Lipinski definition) is 5. The molecule has 1 amide bonds. The van der Waals surface area contributed by atoms with Crippen molar-refractivity contribution in [3.05, 3.63) is 54.1 Å². The monoisotopic (exact) mass is 472 g/mol. The molecule has 9 heteroatoms. The summed E-state index contributed by atoms with van der Waals surface area (Å²) in [7, 11) is -3.80. The van der Waals surface area contributed by atoms with Crippen LogP contribution in [0, 0.1) is 5.92 Å². The SMILES string of the molecule is CCn1c(SCC(=O)N(Cc2ccccc2)[C@@H](C)C2CC2)nc2cc(S(N)(=O)=O)ccc21. The molecule has 1 saturated carbocycles. The van der Waals surface area contributed by atoms with Crippen LogP contribution in [-0.2, 0) is 27.9 Å². The van der Waals surface area contributed by atoms with Gasteiger partial charge in [-0.1, -0.05) is 42.1 Å². The van der Waals surface area contributed by atoms with Gasteiger partial charge in [0.25, 0.3) is 0 Å². The maximum atomic E-state index is 13.3. The van der Waals surface area contributed by atoms with Gasteiger partial charge >= 0.3 is 0 Å². The smallest absolute Gasteiger partial charge is 0.238 e. The number of carbonyl (C=O) groups excluding carboxylic acids is 1. The van der Waals surface area contributed by atoms with E-state index in [0.717, 1.165) is 11.1 Å². The molecule has 2 aromatic carbocycles. The molecule has 4 rings (SSSR count). The van der Waals surface area contributed by atoms with Crippen molar-refractivity contribution in [2.75, 3.05) is 5.75 Å². The van der Waals surface area contributed by atoms with Crippen molar-refractivity contribution in [1.29, 1.82) is 0 Å². The molecule has 7 nitrogen and oxygen atoms in total. The Balaban J connectivity index is 1.54. The molecule has 1 atom stereocenters. The number of benzene rings is 2. The number of amides is 1. The van der Waals surface area contributed by atoms with E-state index in [-0.39, 0.29) is 22.6 Å². The van der Waals surface area contributed by atoms with Crippen LogP contribution in [0.3, 0.4) is 0 Å². The lowest BCUT2D eigenvalue weighted by Crippen LogP contribution is -2.40. The third-order valence-electron chi connectivity index (χ3n) is 5.97. The van der Waals surface area contributed by atoms with Gasteiger partial charge < -0.3 is 9.47 Å². The summed E-state index contributed by atoms with van der Waals surface area (Å²) in [4.78, 5) is 19.9. The lowest BCUT2D eigenvalue weighted by molar-refractivity contribution is -0.131. The summed E-state index contributed by atoms with van der Waals surface area (Å²) < 4.78 is 25.4. The standard InChI is InChI=1S/C23H28N4O3S2/c1-3-26-21-12-11-19(32(24,29)30)13-20(21)25-23(26)31-15-22(28)27(16(2)18-9-10-18)14-17-7-5-4-6-8-17/h4-8,11-13,16,18H,3,9-10,14-15H2,1-2H3,(H2,24,29,30)/t16-/m0/s1. The van der Waals surface area contributed by atoms with E-state index in [0.29, 0.717) is 29.7 Å². The Morgan fingerprint density at radius 2 is 1.97 bits per heavy atom. The van der Waals surface area contributed by atoms with Crippen molar-refractivity contribution in [3.8, 4) is 0 Å². The molecule has 0 bridgehead atoms. The van der Waals surface area contributed by atoms with E-state index in [1.165, 1.54) is 36.7 Å². The van der Waals surface area contributed by atoms with Crippen LogP contribution in [0.5, 0.6) is 0 Å². The minimum Gasteiger partial charge on any atom is -0.335 e. The van der Waals surface area contributed by atoms with E-state index in [1.807, 2.05) is 46.7 Å². The van der Waals surface area contributed by atoms with E-state index in [4.69, 9.17) is 5.14 Å². The van der Waals surface area contributed by atoms with Crippen LogP contribution in [0.25, 0.3) is 11.0 Å². The van der Waals surface area contributed by atoms with Gasteiger partial charge in [0.2, 0.25) is 15.9 Å². The third-order valence-corrected chi connectivity index (χ3v) is 7.84. The van der Waals surface area contributed by atoms with Crippen LogP contribution in [0.1, 0.15) is 32.3 Å². The fraction of sp³-hybridized carbons (Fsp3) is 0.391. The molecule has 1 fully saturated rings. The number of nitrogens with two attached hydrogens (primary N) is 1. The van der Waals surface area contributed by atoms with Gasteiger partial charge in [-0.15, -0.1) is 0 Å². The average Bonchev–Trinajstić information content (AvgIpc) is 3.56. The first-order chi connectivity index (χ1) is 15.3. The largest absolute Gasteiger partial charge is 0.335 e. The Bertz CT molecular complexity index is 1220. The molecule has 3 aromatic rings. The first-order valence-electron chi connectivity index (χ1n) is 10.8. The second-order valence-electron chi connectivity index (χ2n) is 8.21. The van der Waals surface area contributed by atoms with Crippen molar-refractivity contribution >= 4 is 38.7 Å². The quantitative estimate of drug-likeness (QED) is 0.480. The van der Waals surface area contributed by atoms with Crippen LogP contribution in [0.4, 0.5) is 0 Å². The van der Waals surface area contributed by atoms with Gasteiger partial charge in [0, 0.05) is 19.1 Å². The van der Waals surface area contributed by atoms with Crippen LogP contribution >= 0.6 is 11.8 Å². The fourth-order valence-corrected chi connectivity index (χ4v) is 5.46. The number of fused-ring (bicyclic) bond motifs is 1. The molecule has 0 spiro atoms. The van der Waals surface area contributed by atoms with Crippen LogP contribution in [0.2, 0.25) is 0 Å². The Labute approximate surface area is 193 Å². The number of hydrogen-bond donors (Lipinski definition) is 1. The maximum absolute atomic E-state index is 13.3. The van der Waals surface area contributed by atoms with Crippen molar-refractivity contribution in [3.63, 3.8) is 0 Å². The second kappa shape index (κ2) is 9.25. The molecule has 1 aromatic heterocycles. The van der Waals surface area contributed by atoms with E-state index in [9.17, 15) is 13.2 Å². The topological polar surface area (TPSA) is 98.3 Å². The molecule has 32 heavy (non-hydrogen) atoms.